The van der Waals surface area contributed by atoms with Gasteiger partial charge >= 0.3 is 6.09 Å². The quantitative estimate of drug-likeness (QED) is 0.892. The van der Waals surface area contributed by atoms with E-state index in [1.807, 2.05) is 60.6 Å². The summed E-state index contributed by atoms with van der Waals surface area (Å²) in [7, 11) is 0. The van der Waals surface area contributed by atoms with Crippen LogP contribution in [0.5, 0.6) is 5.75 Å². The summed E-state index contributed by atoms with van der Waals surface area (Å²) in [5.74, 6) is 0.635. The van der Waals surface area contributed by atoms with Crippen LogP contribution in [0.4, 0.5) is 4.79 Å². The maximum Gasteiger partial charge on any atom is 0.413 e. The number of amides is 1. The molecule has 0 saturated carbocycles. The van der Waals surface area contributed by atoms with E-state index < -0.39 is 11.5 Å². The molecule has 4 heteroatoms. The topological polar surface area (TPSA) is 55.4 Å². The van der Waals surface area contributed by atoms with Gasteiger partial charge in [0.1, 0.15) is 11.5 Å². The molecule has 1 N–H and O–H groups in total. The van der Waals surface area contributed by atoms with Gasteiger partial charge < -0.3 is 10.1 Å². The SMILES string of the molecule is CC(=O)CC(C)(C)c1c(C)cc(C)cc1OC(=O)NC(C)(C)C. The molecule has 0 aliphatic heterocycles. The van der Waals surface area contributed by atoms with E-state index in [4.69, 9.17) is 4.74 Å². The molecule has 0 aliphatic rings. The van der Waals surface area contributed by atoms with Crippen molar-refractivity contribution in [3.63, 3.8) is 0 Å². The van der Waals surface area contributed by atoms with Crippen LogP contribution in [0.2, 0.25) is 0 Å². The number of nitrogens with one attached hydrogen (secondary N) is 1. The molecule has 0 bridgehead atoms. The standard InChI is InChI=1S/C19H29NO3/c1-12-9-13(2)16(19(7,8)11-14(3)21)15(10-12)23-17(22)20-18(4,5)6/h9-10H,11H2,1-8H3,(H,20,22). The zero-order valence-electron chi connectivity index (χ0n) is 15.6. The van der Waals surface area contributed by atoms with Crippen molar-refractivity contribution < 1.29 is 14.3 Å². The van der Waals surface area contributed by atoms with Gasteiger partial charge in [-0.05, 0) is 58.7 Å². The van der Waals surface area contributed by atoms with Gasteiger partial charge in [0, 0.05) is 22.9 Å². The first-order valence-electron chi connectivity index (χ1n) is 7.93. The van der Waals surface area contributed by atoms with Gasteiger partial charge in [0.05, 0.1) is 0 Å². The van der Waals surface area contributed by atoms with Crippen LogP contribution in [0.15, 0.2) is 12.1 Å². The average Bonchev–Trinajstić information content (AvgIpc) is 2.21. The van der Waals surface area contributed by atoms with E-state index in [-0.39, 0.29) is 11.3 Å². The predicted molar refractivity (Wildman–Crippen MR) is 93.2 cm³/mol. The average molecular weight is 319 g/mol. The molecule has 1 amide bonds. The van der Waals surface area contributed by atoms with Gasteiger partial charge in [-0.2, -0.15) is 0 Å². The summed E-state index contributed by atoms with van der Waals surface area (Å²) in [6, 6.07) is 3.90. The van der Waals surface area contributed by atoms with Gasteiger partial charge in [0.2, 0.25) is 0 Å². The van der Waals surface area contributed by atoms with Crippen LogP contribution in [0.1, 0.15) is 64.7 Å². The van der Waals surface area contributed by atoms with E-state index in [2.05, 4.69) is 5.32 Å². The molecule has 0 aliphatic carbocycles. The molecule has 0 atom stereocenters. The number of ether oxygens (including phenoxy) is 1. The lowest BCUT2D eigenvalue weighted by Gasteiger charge is -2.29. The molecular formula is C19H29NO3. The van der Waals surface area contributed by atoms with Crippen LogP contribution in [0, 0.1) is 13.8 Å². The van der Waals surface area contributed by atoms with Gasteiger partial charge in [0.15, 0.2) is 0 Å². The van der Waals surface area contributed by atoms with Crippen molar-refractivity contribution in [3.8, 4) is 5.75 Å². The first-order chi connectivity index (χ1) is 10.3. The van der Waals surface area contributed by atoms with Crippen molar-refractivity contribution in [2.45, 2.75) is 72.8 Å². The van der Waals surface area contributed by atoms with Crippen molar-refractivity contribution in [2.24, 2.45) is 0 Å². The molecule has 0 fully saturated rings. The zero-order chi connectivity index (χ0) is 18.0. The van der Waals surface area contributed by atoms with E-state index in [1.165, 1.54) is 0 Å². The second-order valence-electron chi connectivity index (χ2n) is 7.98. The normalized spacial score (nSPS) is 12.0. The fraction of sp³-hybridized carbons (Fsp3) is 0.579. The third kappa shape index (κ3) is 5.70. The Morgan fingerprint density at radius 3 is 2.13 bits per heavy atom. The van der Waals surface area contributed by atoms with Gasteiger partial charge in [-0.1, -0.05) is 19.9 Å². The van der Waals surface area contributed by atoms with Crippen molar-refractivity contribution in [2.75, 3.05) is 0 Å². The summed E-state index contributed by atoms with van der Waals surface area (Å²) in [4.78, 5) is 23.8. The minimum atomic E-state index is -0.484. The maximum atomic E-state index is 12.2. The molecule has 1 aromatic rings. The highest BCUT2D eigenvalue weighted by Gasteiger charge is 2.29. The zero-order valence-corrected chi connectivity index (χ0v) is 15.6. The van der Waals surface area contributed by atoms with Crippen molar-refractivity contribution >= 4 is 11.9 Å². The van der Waals surface area contributed by atoms with Crippen LogP contribution in [0.25, 0.3) is 0 Å². The van der Waals surface area contributed by atoms with E-state index >= 15 is 0 Å². The minimum absolute atomic E-state index is 0.111. The summed E-state index contributed by atoms with van der Waals surface area (Å²) < 4.78 is 5.59. The highest BCUT2D eigenvalue weighted by atomic mass is 16.6. The second-order valence-corrected chi connectivity index (χ2v) is 7.98. The Morgan fingerprint density at radius 2 is 1.65 bits per heavy atom. The summed E-state index contributed by atoms with van der Waals surface area (Å²) in [6.45, 7) is 15.2. The third-order valence-electron chi connectivity index (χ3n) is 3.49. The first-order valence-corrected chi connectivity index (χ1v) is 7.93. The van der Waals surface area contributed by atoms with Gasteiger partial charge in [0.25, 0.3) is 0 Å². The third-order valence-corrected chi connectivity index (χ3v) is 3.49. The fourth-order valence-electron chi connectivity index (χ4n) is 3.02. The molecule has 0 aromatic heterocycles. The number of Topliss-reactive ketones (excluding diaryl/α,β-unsaturated/α-hetero) is 1. The number of hydrogen-bond acceptors (Lipinski definition) is 3. The molecule has 23 heavy (non-hydrogen) atoms. The Balaban J connectivity index is 3.26. The highest BCUT2D eigenvalue weighted by Crippen LogP contribution is 2.38. The van der Waals surface area contributed by atoms with Crippen molar-refractivity contribution in [1.29, 1.82) is 0 Å². The first kappa shape index (κ1) is 19.2. The molecule has 0 radical (unpaired) electrons. The molecule has 0 spiro atoms. The largest absolute Gasteiger partial charge is 0.413 e. The van der Waals surface area contributed by atoms with E-state index in [9.17, 15) is 9.59 Å². The van der Waals surface area contributed by atoms with Crippen LogP contribution in [0.3, 0.4) is 0 Å². The lowest BCUT2D eigenvalue weighted by atomic mass is 9.77. The minimum Gasteiger partial charge on any atom is -0.410 e. The van der Waals surface area contributed by atoms with Gasteiger partial charge in [-0.3, -0.25) is 4.79 Å². The summed E-state index contributed by atoms with van der Waals surface area (Å²) in [5, 5.41) is 2.80. The molecule has 4 nitrogen and oxygen atoms in total. The van der Waals surface area contributed by atoms with Crippen LogP contribution in [-0.2, 0) is 10.2 Å². The summed E-state index contributed by atoms with van der Waals surface area (Å²) >= 11 is 0. The second kappa shape index (κ2) is 6.73. The number of rotatable bonds is 4. The van der Waals surface area contributed by atoms with Crippen molar-refractivity contribution in [1.82, 2.24) is 5.32 Å². The molecule has 1 aromatic carbocycles. The molecule has 0 saturated heterocycles. The summed E-state index contributed by atoms with van der Waals surface area (Å²) in [5.41, 5.74) is 2.17. The number of benzene rings is 1. The number of hydrogen-bond donors (Lipinski definition) is 1. The Kier molecular flexibility index (Phi) is 5.62. The van der Waals surface area contributed by atoms with Crippen LogP contribution in [-0.4, -0.2) is 17.4 Å². The lowest BCUT2D eigenvalue weighted by molar-refractivity contribution is -0.118. The van der Waals surface area contributed by atoms with Crippen LogP contribution >= 0.6 is 0 Å². The van der Waals surface area contributed by atoms with Crippen LogP contribution < -0.4 is 10.1 Å². The lowest BCUT2D eigenvalue weighted by Crippen LogP contribution is -2.42. The highest BCUT2D eigenvalue weighted by molar-refractivity contribution is 5.78. The van der Waals surface area contributed by atoms with Crippen molar-refractivity contribution in [3.05, 3.63) is 28.8 Å². The molecular weight excluding hydrogens is 290 g/mol. The molecule has 0 unspecified atom stereocenters. The molecule has 1 rings (SSSR count). The van der Waals surface area contributed by atoms with Gasteiger partial charge in [-0.15, -0.1) is 0 Å². The van der Waals surface area contributed by atoms with E-state index in [1.54, 1.807) is 6.92 Å². The Labute approximate surface area is 139 Å². The fourth-order valence-corrected chi connectivity index (χ4v) is 3.02. The smallest absolute Gasteiger partial charge is 0.410 e. The predicted octanol–water partition coefficient (Wildman–Crippen LogP) is 4.45. The number of carbonyl (C=O) groups is 2. The number of aryl methyl sites for hydroxylation is 2. The Hall–Kier alpha value is -1.84. The van der Waals surface area contributed by atoms with Gasteiger partial charge in [-0.25, -0.2) is 4.79 Å². The number of ketones is 1. The summed E-state index contributed by atoms with van der Waals surface area (Å²) in [6.07, 6.45) is -0.0869. The van der Waals surface area contributed by atoms with E-state index in [0.29, 0.717) is 12.2 Å². The molecule has 128 valence electrons. The van der Waals surface area contributed by atoms with E-state index in [0.717, 1.165) is 16.7 Å². The maximum absolute atomic E-state index is 12.2. The monoisotopic (exact) mass is 319 g/mol. The Morgan fingerprint density at radius 1 is 1.09 bits per heavy atom. The number of carbonyl (C=O) groups excluding carboxylic acids is 2. The molecule has 0 heterocycles. The Bertz CT molecular complexity index is 610.